The molecule has 2 aromatic rings. The molecule has 1 atom stereocenters. The molecule has 5 heteroatoms. The van der Waals surface area contributed by atoms with Gasteiger partial charge in [-0.25, -0.2) is 9.59 Å². The van der Waals surface area contributed by atoms with Gasteiger partial charge in [-0.2, -0.15) is 0 Å². The van der Waals surface area contributed by atoms with Crippen LogP contribution in [0.1, 0.15) is 17.2 Å². The first-order valence-electron chi connectivity index (χ1n) is 7.44. The second-order valence-electron chi connectivity index (χ2n) is 5.63. The third-order valence-corrected chi connectivity index (χ3v) is 4.32. The number of hydrogen-bond donors (Lipinski definition) is 0. The van der Waals surface area contributed by atoms with Gasteiger partial charge in [-0.1, -0.05) is 48.5 Å². The molecule has 1 aliphatic carbocycles. The van der Waals surface area contributed by atoms with Crippen LogP contribution in [0, 0.1) is 0 Å². The average Bonchev–Trinajstić information content (AvgIpc) is 3.34. The number of benzene rings is 2. The summed E-state index contributed by atoms with van der Waals surface area (Å²) in [4.78, 5) is 25.1. The van der Waals surface area contributed by atoms with Gasteiger partial charge in [0.15, 0.2) is 12.1 Å². The van der Waals surface area contributed by atoms with Crippen molar-refractivity contribution >= 4 is 12.1 Å². The van der Waals surface area contributed by atoms with E-state index in [0.717, 1.165) is 22.3 Å². The first kappa shape index (κ1) is 13.8. The van der Waals surface area contributed by atoms with E-state index in [0.29, 0.717) is 6.54 Å². The summed E-state index contributed by atoms with van der Waals surface area (Å²) in [7, 11) is 1.31. The highest BCUT2D eigenvalue weighted by Crippen LogP contribution is 2.45. The molecule has 0 aromatic heterocycles. The Morgan fingerprint density at radius 2 is 1.57 bits per heavy atom. The smallest absolute Gasteiger partial charge is 0.411 e. The molecule has 0 unspecified atom stereocenters. The molecule has 1 saturated heterocycles. The Bertz CT molecular complexity index is 756. The van der Waals surface area contributed by atoms with Crippen LogP contribution in [0.25, 0.3) is 11.1 Å². The fraction of sp³-hybridized carbons (Fsp3) is 0.222. The van der Waals surface area contributed by atoms with E-state index in [9.17, 15) is 9.59 Å². The summed E-state index contributed by atoms with van der Waals surface area (Å²) in [6.45, 7) is 0.349. The minimum atomic E-state index is -0.514. The van der Waals surface area contributed by atoms with Crippen LogP contribution in [0.3, 0.4) is 0 Å². The molecule has 116 valence electrons. The van der Waals surface area contributed by atoms with E-state index in [1.165, 1.54) is 12.0 Å². The van der Waals surface area contributed by atoms with Crippen LogP contribution in [0.15, 0.2) is 48.5 Å². The van der Waals surface area contributed by atoms with Crippen LogP contribution >= 0.6 is 0 Å². The molecule has 4 rings (SSSR count). The zero-order valence-electron chi connectivity index (χ0n) is 12.6. The maximum Gasteiger partial charge on any atom is 0.411 e. The van der Waals surface area contributed by atoms with Crippen molar-refractivity contribution in [3.63, 3.8) is 0 Å². The largest absolute Gasteiger partial charge is 0.467 e. The Labute approximate surface area is 133 Å². The average molecular weight is 309 g/mol. The number of nitrogens with zero attached hydrogens (tertiary/aromatic N) is 1. The molecule has 2 aliphatic rings. The van der Waals surface area contributed by atoms with Crippen LogP contribution in [-0.4, -0.2) is 36.7 Å². The van der Waals surface area contributed by atoms with Gasteiger partial charge in [-0.15, -0.1) is 0 Å². The maximum atomic E-state index is 12.3. The fourth-order valence-corrected chi connectivity index (χ4v) is 3.08. The molecule has 0 bridgehead atoms. The van der Waals surface area contributed by atoms with Crippen molar-refractivity contribution in [2.24, 2.45) is 0 Å². The van der Waals surface area contributed by atoms with Gasteiger partial charge in [0, 0.05) is 11.1 Å². The molecule has 0 N–H and O–H groups in total. The summed E-state index contributed by atoms with van der Waals surface area (Å²) < 4.78 is 10.3. The zero-order valence-corrected chi connectivity index (χ0v) is 12.6. The number of carbonyl (C=O) groups is 2. The highest BCUT2D eigenvalue weighted by molar-refractivity contribution is 5.87. The number of ether oxygens (including phenoxy) is 2. The standard InChI is InChI=1S/C18H15NO4/c1-22-17(20)15-10-19(15)18(21)23-16-13-8-4-2-6-11(13)12-7-3-5-9-14(12)16/h2-9,15-16H,10H2,1H3/t15-,19?/m0/s1. The number of carbonyl (C=O) groups excluding carboxylic acids is 2. The third kappa shape index (κ3) is 2.16. The number of hydrogen-bond acceptors (Lipinski definition) is 4. The highest BCUT2D eigenvalue weighted by Gasteiger charge is 2.47. The number of methoxy groups -OCH3 is 1. The molecule has 23 heavy (non-hydrogen) atoms. The van der Waals surface area contributed by atoms with E-state index >= 15 is 0 Å². The van der Waals surface area contributed by atoms with Gasteiger partial charge in [0.25, 0.3) is 0 Å². The van der Waals surface area contributed by atoms with Crippen LogP contribution in [0.2, 0.25) is 0 Å². The second-order valence-corrected chi connectivity index (χ2v) is 5.63. The molecule has 2 aromatic carbocycles. The molecule has 1 amide bonds. The number of rotatable bonds is 2. The first-order valence-corrected chi connectivity index (χ1v) is 7.44. The Morgan fingerprint density at radius 1 is 1.00 bits per heavy atom. The highest BCUT2D eigenvalue weighted by atomic mass is 16.6. The van der Waals surface area contributed by atoms with Crippen LogP contribution in [0.4, 0.5) is 4.79 Å². The maximum absolute atomic E-state index is 12.3. The van der Waals surface area contributed by atoms with E-state index in [1.54, 1.807) is 0 Å². The molecule has 1 heterocycles. The third-order valence-electron chi connectivity index (χ3n) is 4.32. The summed E-state index contributed by atoms with van der Waals surface area (Å²) >= 11 is 0. The van der Waals surface area contributed by atoms with Crippen molar-refractivity contribution in [1.82, 2.24) is 4.90 Å². The zero-order chi connectivity index (χ0) is 16.0. The van der Waals surface area contributed by atoms with Gasteiger partial charge in [0.1, 0.15) is 0 Å². The summed E-state index contributed by atoms with van der Waals surface area (Å²) in [5.74, 6) is -0.408. The van der Waals surface area contributed by atoms with E-state index < -0.39 is 24.2 Å². The van der Waals surface area contributed by atoms with Crippen molar-refractivity contribution in [3.8, 4) is 11.1 Å². The first-order chi connectivity index (χ1) is 11.2. The number of amides is 1. The SMILES string of the molecule is COC(=O)[C@@H]1CN1C(=O)OC1c2ccccc2-c2ccccc21. The normalized spacial score (nSPS) is 18.1. The summed E-state index contributed by atoms with van der Waals surface area (Å²) in [5, 5.41) is 0. The lowest BCUT2D eigenvalue weighted by Gasteiger charge is -2.15. The van der Waals surface area contributed by atoms with E-state index in [-0.39, 0.29) is 0 Å². The minimum Gasteiger partial charge on any atom is -0.467 e. The minimum absolute atomic E-state index is 0.349. The van der Waals surface area contributed by atoms with Crippen molar-refractivity contribution < 1.29 is 19.1 Å². The lowest BCUT2D eigenvalue weighted by atomic mass is 10.1. The number of esters is 1. The monoisotopic (exact) mass is 309 g/mol. The Hall–Kier alpha value is -2.82. The van der Waals surface area contributed by atoms with Crippen molar-refractivity contribution in [2.45, 2.75) is 12.1 Å². The summed E-state index contributed by atoms with van der Waals surface area (Å²) in [6.07, 6.45) is -0.925. The molecule has 0 radical (unpaired) electrons. The lowest BCUT2D eigenvalue weighted by molar-refractivity contribution is -0.140. The van der Waals surface area contributed by atoms with Crippen molar-refractivity contribution in [3.05, 3.63) is 59.7 Å². The Kier molecular flexibility index (Phi) is 3.08. The molecule has 1 aliphatic heterocycles. The molecular weight excluding hydrogens is 294 g/mol. The predicted octanol–water partition coefficient (Wildman–Crippen LogP) is 2.75. The van der Waals surface area contributed by atoms with Crippen LogP contribution in [-0.2, 0) is 14.3 Å². The molecule has 0 saturated carbocycles. The quantitative estimate of drug-likeness (QED) is 0.632. The predicted molar refractivity (Wildman–Crippen MR) is 82.7 cm³/mol. The van der Waals surface area contributed by atoms with Crippen LogP contribution in [0.5, 0.6) is 0 Å². The van der Waals surface area contributed by atoms with Gasteiger partial charge in [0.2, 0.25) is 0 Å². The number of fused-ring (bicyclic) bond motifs is 3. The van der Waals surface area contributed by atoms with Crippen molar-refractivity contribution in [2.75, 3.05) is 13.7 Å². The molecular formula is C18H15NO4. The van der Waals surface area contributed by atoms with E-state index in [4.69, 9.17) is 4.74 Å². The molecule has 5 nitrogen and oxygen atoms in total. The topological polar surface area (TPSA) is 55.6 Å². The Morgan fingerprint density at radius 3 is 2.13 bits per heavy atom. The lowest BCUT2D eigenvalue weighted by Crippen LogP contribution is -2.22. The fourth-order valence-electron chi connectivity index (χ4n) is 3.08. The second kappa shape index (κ2) is 5.12. The van der Waals surface area contributed by atoms with Crippen molar-refractivity contribution in [1.29, 1.82) is 0 Å². The van der Waals surface area contributed by atoms with Gasteiger partial charge in [-0.3, -0.25) is 4.90 Å². The van der Waals surface area contributed by atoms with Gasteiger partial charge in [-0.05, 0) is 11.1 Å². The van der Waals surface area contributed by atoms with Gasteiger partial charge < -0.3 is 9.47 Å². The van der Waals surface area contributed by atoms with Gasteiger partial charge in [0.05, 0.1) is 13.7 Å². The van der Waals surface area contributed by atoms with E-state index in [1.807, 2.05) is 48.5 Å². The van der Waals surface area contributed by atoms with E-state index in [2.05, 4.69) is 4.74 Å². The summed E-state index contributed by atoms with van der Waals surface area (Å²) in [5.41, 5.74) is 4.10. The summed E-state index contributed by atoms with van der Waals surface area (Å²) in [6, 6.07) is 15.3. The molecule has 1 fully saturated rings. The molecule has 0 spiro atoms. The Balaban J connectivity index is 1.60. The van der Waals surface area contributed by atoms with Crippen LogP contribution < -0.4 is 0 Å². The van der Waals surface area contributed by atoms with Gasteiger partial charge >= 0.3 is 12.1 Å².